The van der Waals surface area contributed by atoms with E-state index in [1.54, 1.807) is 20.2 Å². The van der Waals surface area contributed by atoms with Crippen LogP contribution >= 0.6 is 12.2 Å². The van der Waals surface area contributed by atoms with Crippen molar-refractivity contribution in [1.82, 2.24) is 19.8 Å². The molecule has 1 N–H and O–H groups in total. The summed E-state index contributed by atoms with van der Waals surface area (Å²) in [6.07, 6.45) is 3.77. The summed E-state index contributed by atoms with van der Waals surface area (Å²) < 4.78 is 12.5. The van der Waals surface area contributed by atoms with Crippen LogP contribution in [-0.2, 0) is 20.8 Å². The molecule has 1 fully saturated rings. The molecule has 27 heavy (non-hydrogen) atoms. The van der Waals surface area contributed by atoms with E-state index in [9.17, 15) is 4.79 Å². The number of methoxy groups -OCH3 is 1. The fourth-order valence-corrected chi connectivity index (χ4v) is 3.64. The van der Waals surface area contributed by atoms with Gasteiger partial charge in [0.25, 0.3) is 0 Å². The summed E-state index contributed by atoms with van der Waals surface area (Å²) in [6.45, 7) is 3.53. The van der Waals surface area contributed by atoms with Gasteiger partial charge in [-0.2, -0.15) is 0 Å². The number of aromatic nitrogens is 2. The van der Waals surface area contributed by atoms with Crippen LogP contribution in [0.25, 0.3) is 0 Å². The summed E-state index contributed by atoms with van der Waals surface area (Å²) in [5.74, 6) is -0.302. The Bertz CT molecular complexity index is 780. The van der Waals surface area contributed by atoms with Crippen molar-refractivity contribution in [3.05, 3.63) is 54.1 Å². The van der Waals surface area contributed by atoms with Gasteiger partial charge in [-0.3, -0.25) is 9.78 Å². The highest BCUT2D eigenvalue weighted by atomic mass is 32.1. The SMILES string of the molecule is CCOC(=O)CN1C(=S)NC(c2ccccn2)C1c1cccn1CCOC. The summed E-state index contributed by atoms with van der Waals surface area (Å²) >= 11 is 5.55. The molecule has 0 radical (unpaired) electrons. The van der Waals surface area contributed by atoms with Crippen LogP contribution in [0.2, 0.25) is 0 Å². The lowest BCUT2D eigenvalue weighted by Gasteiger charge is -2.28. The second-order valence-electron chi connectivity index (χ2n) is 6.18. The van der Waals surface area contributed by atoms with Crippen LogP contribution in [0.3, 0.4) is 0 Å². The summed E-state index contributed by atoms with van der Waals surface area (Å²) in [5, 5.41) is 3.85. The van der Waals surface area contributed by atoms with Gasteiger partial charge in [0.15, 0.2) is 5.11 Å². The topological polar surface area (TPSA) is 68.6 Å². The van der Waals surface area contributed by atoms with Gasteiger partial charge in [-0.25, -0.2) is 0 Å². The Morgan fingerprint density at radius 1 is 1.33 bits per heavy atom. The lowest BCUT2D eigenvalue weighted by Crippen LogP contribution is -2.36. The van der Waals surface area contributed by atoms with Crippen molar-refractivity contribution in [2.45, 2.75) is 25.6 Å². The standard InChI is InChI=1S/C19H24N4O3S/c1-3-26-16(24)13-23-18(15-8-6-10-22(15)11-12-25-2)17(21-19(23)27)14-7-4-5-9-20-14/h4-10,17-18H,3,11-13H2,1-2H3,(H,21,27). The van der Waals surface area contributed by atoms with Gasteiger partial charge >= 0.3 is 5.97 Å². The van der Waals surface area contributed by atoms with Crippen molar-refractivity contribution in [3.63, 3.8) is 0 Å². The van der Waals surface area contributed by atoms with Crippen LogP contribution in [0.1, 0.15) is 30.4 Å². The molecule has 0 aliphatic carbocycles. The van der Waals surface area contributed by atoms with Gasteiger partial charge in [0, 0.05) is 31.7 Å². The fourth-order valence-electron chi connectivity index (χ4n) is 3.33. The maximum atomic E-state index is 12.2. The van der Waals surface area contributed by atoms with E-state index >= 15 is 0 Å². The summed E-state index contributed by atoms with van der Waals surface area (Å²) in [4.78, 5) is 18.5. The minimum atomic E-state index is -0.302. The van der Waals surface area contributed by atoms with Crippen LogP contribution in [0.5, 0.6) is 0 Å². The van der Waals surface area contributed by atoms with E-state index in [0.717, 1.165) is 11.4 Å². The number of carbonyl (C=O) groups is 1. The molecule has 8 heteroatoms. The highest BCUT2D eigenvalue weighted by molar-refractivity contribution is 7.80. The molecule has 2 unspecified atom stereocenters. The number of esters is 1. The van der Waals surface area contributed by atoms with Crippen LogP contribution in [0.4, 0.5) is 0 Å². The Labute approximate surface area is 164 Å². The molecule has 1 saturated heterocycles. The number of rotatable bonds is 8. The maximum absolute atomic E-state index is 12.2. The second kappa shape index (κ2) is 8.96. The third-order valence-electron chi connectivity index (χ3n) is 4.51. The second-order valence-corrected chi connectivity index (χ2v) is 6.57. The average Bonchev–Trinajstić information content (AvgIpc) is 3.25. The third kappa shape index (κ3) is 4.28. The maximum Gasteiger partial charge on any atom is 0.325 e. The van der Waals surface area contributed by atoms with E-state index in [0.29, 0.717) is 24.9 Å². The molecule has 7 nitrogen and oxygen atoms in total. The van der Waals surface area contributed by atoms with E-state index in [1.165, 1.54) is 0 Å². The summed E-state index contributed by atoms with van der Waals surface area (Å²) in [6, 6.07) is 9.48. The van der Waals surface area contributed by atoms with E-state index in [-0.39, 0.29) is 24.6 Å². The number of hydrogen-bond acceptors (Lipinski definition) is 5. The van der Waals surface area contributed by atoms with Gasteiger partial charge in [-0.1, -0.05) is 6.07 Å². The van der Waals surface area contributed by atoms with Crippen LogP contribution in [0.15, 0.2) is 42.7 Å². The number of nitrogens with zero attached hydrogens (tertiary/aromatic N) is 3. The minimum Gasteiger partial charge on any atom is -0.465 e. The van der Waals surface area contributed by atoms with E-state index in [4.69, 9.17) is 21.7 Å². The Balaban J connectivity index is 1.96. The predicted molar refractivity (Wildman–Crippen MR) is 105 cm³/mol. The molecule has 0 aromatic carbocycles. The van der Waals surface area contributed by atoms with E-state index < -0.39 is 0 Å². The van der Waals surface area contributed by atoms with Crippen molar-refractivity contribution in [3.8, 4) is 0 Å². The molecule has 2 aromatic heterocycles. The molecule has 0 amide bonds. The van der Waals surface area contributed by atoms with Crippen molar-refractivity contribution in [2.24, 2.45) is 0 Å². The highest BCUT2D eigenvalue weighted by Crippen LogP contribution is 2.38. The summed E-state index contributed by atoms with van der Waals surface area (Å²) in [7, 11) is 1.68. The van der Waals surface area contributed by atoms with Crippen molar-refractivity contribution in [1.29, 1.82) is 0 Å². The molecule has 2 atom stereocenters. The van der Waals surface area contributed by atoms with E-state index in [2.05, 4.69) is 14.9 Å². The van der Waals surface area contributed by atoms with Gasteiger partial charge in [0.1, 0.15) is 6.54 Å². The minimum absolute atomic E-state index is 0.0864. The zero-order valence-electron chi connectivity index (χ0n) is 15.5. The van der Waals surface area contributed by atoms with Crippen molar-refractivity contribution >= 4 is 23.3 Å². The number of hydrogen-bond donors (Lipinski definition) is 1. The molecule has 2 aromatic rings. The van der Waals surface area contributed by atoms with Gasteiger partial charge in [-0.15, -0.1) is 0 Å². The number of carbonyl (C=O) groups excluding carboxylic acids is 1. The molecule has 144 valence electrons. The van der Waals surface area contributed by atoms with Crippen molar-refractivity contribution < 1.29 is 14.3 Å². The molecule has 0 saturated carbocycles. The lowest BCUT2D eigenvalue weighted by atomic mass is 10.0. The Morgan fingerprint density at radius 2 is 2.19 bits per heavy atom. The smallest absolute Gasteiger partial charge is 0.325 e. The monoisotopic (exact) mass is 388 g/mol. The normalized spacial score (nSPS) is 19.2. The average molecular weight is 388 g/mol. The van der Waals surface area contributed by atoms with Gasteiger partial charge in [0.05, 0.1) is 31.0 Å². The van der Waals surface area contributed by atoms with Crippen LogP contribution in [0, 0.1) is 0 Å². The van der Waals surface area contributed by atoms with Gasteiger partial charge in [0.2, 0.25) is 0 Å². The van der Waals surface area contributed by atoms with Crippen molar-refractivity contribution in [2.75, 3.05) is 26.9 Å². The number of nitrogens with one attached hydrogen (secondary N) is 1. The predicted octanol–water partition coefficient (Wildman–Crippen LogP) is 2.07. The first-order valence-electron chi connectivity index (χ1n) is 8.93. The number of pyridine rings is 1. The number of ether oxygens (including phenoxy) is 2. The zero-order chi connectivity index (χ0) is 19.2. The first-order valence-corrected chi connectivity index (χ1v) is 9.34. The fraction of sp³-hybridized carbons (Fsp3) is 0.421. The molecular weight excluding hydrogens is 364 g/mol. The first kappa shape index (κ1) is 19.3. The Morgan fingerprint density at radius 3 is 2.89 bits per heavy atom. The molecular formula is C19H24N4O3S. The molecule has 0 bridgehead atoms. The van der Waals surface area contributed by atoms with Gasteiger partial charge < -0.3 is 24.3 Å². The molecule has 1 aliphatic heterocycles. The molecule has 1 aliphatic rings. The molecule has 3 heterocycles. The molecule has 0 spiro atoms. The summed E-state index contributed by atoms with van der Waals surface area (Å²) in [5.41, 5.74) is 1.91. The molecule has 3 rings (SSSR count). The van der Waals surface area contributed by atoms with Crippen LogP contribution < -0.4 is 5.32 Å². The number of thiocarbonyl (C=S) groups is 1. The Hall–Kier alpha value is -2.45. The largest absolute Gasteiger partial charge is 0.465 e. The van der Waals surface area contributed by atoms with E-state index in [1.807, 2.05) is 41.4 Å². The first-order chi connectivity index (χ1) is 13.2. The third-order valence-corrected chi connectivity index (χ3v) is 4.86. The lowest BCUT2D eigenvalue weighted by molar-refractivity contribution is -0.143. The van der Waals surface area contributed by atoms with Gasteiger partial charge in [-0.05, 0) is 43.4 Å². The Kier molecular flexibility index (Phi) is 6.41. The zero-order valence-corrected chi connectivity index (χ0v) is 16.3. The quantitative estimate of drug-likeness (QED) is 0.548. The van der Waals surface area contributed by atoms with Crippen LogP contribution in [-0.4, -0.2) is 52.4 Å². The highest BCUT2D eigenvalue weighted by Gasteiger charge is 2.42.